The zero-order chi connectivity index (χ0) is 15.1. The van der Waals surface area contributed by atoms with Crippen LogP contribution in [0.2, 0.25) is 0 Å². The first-order chi connectivity index (χ1) is 9.49. The summed E-state index contributed by atoms with van der Waals surface area (Å²) in [5.41, 5.74) is 6.30. The molecular formula is C15H27N3OS. The Morgan fingerprint density at radius 3 is 2.60 bits per heavy atom. The standard InChI is InChI=1S/C15H27N3OS/c1-5-12(16)15(13-8-7-9-20-13)18(6-2)10-14(19)17-11(3)4/h7-9,11-12,15H,5-6,10,16H2,1-4H3,(H,17,19). The SMILES string of the molecule is CCC(N)C(c1cccs1)N(CC)CC(=O)NC(C)C. The van der Waals surface area contributed by atoms with Crippen LogP contribution in [0.15, 0.2) is 17.5 Å². The van der Waals surface area contributed by atoms with Gasteiger partial charge in [0.15, 0.2) is 0 Å². The van der Waals surface area contributed by atoms with Gasteiger partial charge in [0.2, 0.25) is 5.91 Å². The predicted octanol–water partition coefficient (Wildman–Crippen LogP) is 2.37. The summed E-state index contributed by atoms with van der Waals surface area (Å²) in [7, 11) is 0. The molecule has 1 aromatic heterocycles. The van der Waals surface area contributed by atoms with E-state index in [1.54, 1.807) is 11.3 Å². The highest BCUT2D eigenvalue weighted by atomic mass is 32.1. The molecule has 0 bridgehead atoms. The van der Waals surface area contributed by atoms with E-state index in [9.17, 15) is 4.79 Å². The maximum atomic E-state index is 12.0. The third kappa shape index (κ3) is 4.89. The maximum Gasteiger partial charge on any atom is 0.234 e. The highest BCUT2D eigenvalue weighted by Crippen LogP contribution is 2.28. The first-order valence-corrected chi connectivity index (χ1v) is 8.19. The summed E-state index contributed by atoms with van der Waals surface area (Å²) in [5, 5.41) is 5.01. The van der Waals surface area contributed by atoms with Crippen molar-refractivity contribution < 1.29 is 4.79 Å². The van der Waals surface area contributed by atoms with Crippen molar-refractivity contribution in [3.63, 3.8) is 0 Å². The Morgan fingerprint density at radius 2 is 2.15 bits per heavy atom. The minimum absolute atomic E-state index is 0.0421. The van der Waals surface area contributed by atoms with Crippen molar-refractivity contribution in [3.05, 3.63) is 22.4 Å². The van der Waals surface area contributed by atoms with Crippen molar-refractivity contribution in [3.8, 4) is 0 Å². The van der Waals surface area contributed by atoms with Crippen LogP contribution in [-0.2, 0) is 4.79 Å². The molecule has 3 N–H and O–H groups in total. The minimum Gasteiger partial charge on any atom is -0.353 e. The van der Waals surface area contributed by atoms with Crippen molar-refractivity contribution >= 4 is 17.2 Å². The summed E-state index contributed by atoms with van der Waals surface area (Å²) in [6.45, 7) is 9.32. The second-order valence-corrected chi connectivity index (χ2v) is 6.30. The second kappa shape index (κ2) is 8.39. The Bertz CT molecular complexity index is 392. The summed E-state index contributed by atoms with van der Waals surface area (Å²) in [5.74, 6) is 0.0618. The molecule has 5 heteroatoms. The van der Waals surface area contributed by atoms with E-state index in [0.717, 1.165) is 13.0 Å². The average Bonchev–Trinajstić information content (AvgIpc) is 2.90. The summed E-state index contributed by atoms with van der Waals surface area (Å²) in [4.78, 5) is 15.4. The van der Waals surface area contributed by atoms with Crippen LogP contribution in [0.5, 0.6) is 0 Å². The number of nitrogens with two attached hydrogens (primary N) is 1. The predicted molar refractivity (Wildman–Crippen MR) is 85.9 cm³/mol. The summed E-state index contributed by atoms with van der Waals surface area (Å²) in [6, 6.07) is 4.47. The van der Waals surface area contributed by atoms with Crippen LogP contribution in [0.1, 0.15) is 45.0 Å². The largest absolute Gasteiger partial charge is 0.353 e. The van der Waals surface area contributed by atoms with Crippen LogP contribution in [0, 0.1) is 0 Å². The van der Waals surface area contributed by atoms with Crippen LogP contribution < -0.4 is 11.1 Å². The molecule has 0 aliphatic carbocycles. The molecule has 20 heavy (non-hydrogen) atoms. The second-order valence-electron chi connectivity index (χ2n) is 5.32. The lowest BCUT2D eigenvalue weighted by atomic mass is 10.0. The van der Waals surface area contributed by atoms with E-state index in [1.807, 2.05) is 19.9 Å². The van der Waals surface area contributed by atoms with E-state index in [-0.39, 0.29) is 24.0 Å². The first-order valence-electron chi connectivity index (χ1n) is 7.31. The Kier molecular flexibility index (Phi) is 7.19. The zero-order valence-electron chi connectivity index (χ0n) is 12.9. The van der Waals surface area contributed by atoms with Crippen LogP contribution in [0.25, 0.3) is 0 Å². The number of amides is 1. The number of rotatable bonds is 8. The lowest BCUT2D eigenvalue weighted by Crippen LogP contribution is -2.46. The van der Waals surface area contributed by atoms with E-state index in [1.165, 1.54) is 4.88 Å². The lowest BCUT2D eigenvalue weighted by molar-refractivity contribution is -0.123. The Hall–Kier alpha value is -0.910. The first kappa shape index (κ1) is 17.1. The Balaban J connectivity index is 2.83. The molecule has 1 amide bonds. The number of likely N-dealkylation sites (N-methyl/N-ethyl adjacent to an activating group) is 1. The van der Waals surface area contributed by atoms with Gasteiger partial charge in [-0.3, -0.25) is 9.69 Å². The van der Waals surface area contributed by atoms with E-state index >= 15 is 0 Å². The fraction of sp³-hybridized carbons (Fsp3) is 0.667. The maximum absolute atomic E-state index is 12.0. The fourth-order valence-electron chi connectivity index (χ4n) is 2.30. The van der Waals surface area contributed by atoms with E-state index in [0.29, 0.717) is 6.54 Å². The van der Waals surface area contributed by atoms with Crippen LogP contribution in [0.3, 0.4) is 0 Å². The lowest BCUT2D eigenvalue weighted by Gasteiger charge is -2.33. The molecule has 114 valence electrons. The Morgan fingerprint density at radius 1 is 1.45 bits per heavy atom. The van der Waals surface area contributed by atoms with Gasteiger partial charge >= 0.3 is 0 Å². The topological polar surface area (TPSA) is 58.4 Å². The molecule has 4 nitrogen and oxygen atoms in total. The van der Waals surface area contributed by atoms with Gasteiger partial charge in [-0.25, -0.2) is 0 Å². The van der Waals surface area contributed by atoms with Crippen molar-refractivity contribution in [2.45, 2.75) is 52.2 Å². The van der Waals surface area contributed by atoms with E-state index < -0.39 is 0 Å². The number of hydrogen-bond acceptors (Lipinski definition) is 4. The van der Waals surface area contributed by atoms with Crippen molar-refractivity contribution in [1.82, 2.24) is 10.2 Å². The molecule has 2 unspecified atom stereocenters. The van der Waals surface area contributed by atoms with Gasteiger partial charge in [-0.2, -0.15) is 0 Å². The van der Waals surface area contributed by atoms with Gasteiger partial charge in [0.25, 0.3) is 0 Å². The van der Waals surface area contributed by atoms with Crippen molar-refractivity contribution in [1.29, 1.82) is 0 Å². The molecule has 1 heterocycles. The molecule has 0 saturated carbocycles. The number of hydrogen-bond donors (Lipinski definition) is 2. The molecule has 0 aliphatic heterocycles. The third-order valence-corrected chi connectivity index (χ3v) is 4.25. The molecule has 0 radical (unpaired) electrons. The quantitative estimate of drug-likeness (QED) is 0.774. The molecular weight excluding hydrogens is 270 g/mol. The van der Waals surface area contributed by atoms with Crippen LogP contribution >= 0.6 is 11.3 Å². The summed E-state index contributed by atoms with van der Waals surface area (Å²) < 4.78 is 0. The highest BCUT2D eigenvalue weighted by Gasteiger charge is 2.27. The van der Waals surface area contributed by atoms with Gasteiger partial charge in [0.05, 0.1) is 12.6 Å². The molecule has 2 atom stereocenters. The smallest absolute Gasteiger partial charge is 0.234 e. The summed E-state index contributed by atoms with van der Waals surface area (Å²) >= 11 is 1.71. The van der Waals surface area contributed by atoms with Gasteiger partial charge in [-0.1, -0.05) is 19.9 Å². The monoisotopic (exact) mass is 297 g/mol. The molecule has 0 saturated heterocycles. The number of carbonyl (C=O) groups is 1. The van der Waals surface area contributed by atoms with E-state index in [4.69, 9.17) is 5.73 Å². The molecule has 1 aromatic rings. The molecule has 0 aromatic carbocycles. The van der Waals surface area contributed by atoms with Gasteiger partial charge in [0.1, 0.15) is 0 Å². The van der Waals surface area contributed by atoms with E-state index in [2.05, 4.69) is 35.5 Å². The highest BCUT2D eigenvalue weighted by molar-refractivity contribution is 7.10. The Labute approximate surface area is 126 Å². The normalized spacial score (nSPS) is 14.6. The molecule has 0 spiro atoms. The molecule has 0 aliphatic rings. The molecule has 0 fully saturated rings. The van der Waals surface area contributed by atoms with Gasteiger partial charge < -0.3 is 11.1 Å². The summed E-state index contributed by atoms with van der Waals surface area (Å²) in [6.07, 6.45) is 0.894. The van der Waals surface area contributed by atoms with Crippen molar-refractivity contribution in [2.24, 2.45) is 5.73 Å². The van der Waals surface area contributed by atoms with Gasteiger partial charge in [0, 0.05) is 17.0 Å². The third-order valence-electron chi connectivity index (χ3n) is 3.31. The number of thiophene rings is 1. The van der Waals surface area contributed by atoms with Crippen LogP contribution in [0.4, 0.5) is 0 Å². The number of carbonyl (C=O) groups excluding carboxylic acids is 1. The van der Waals surface area contributed by atoms with Gasteiger partial charge in [-0.15, -0.1) is 11.3 Å². The zero-order valence-corrected chi connectivity index (χ0v) is 13.7. The minimum atomic E-state index is 0.0421. The van der Waals surface area contributed by atoms with Gasteiger partial charge in [-0.05, 0) is 38.3 Å². The number of nitrogens with zero attached hydrogens (tertiary/aromatic N) is 1. The van der Waals surface area contributed by atoms with Crippen LogP contribution in [-0.4, -0.2) is 36.0 Å². The van der Waals surface area contributed by atoms with Crippen molar-refractivity contribution in [2.75, 3.05) is 13.1 Å². The fourth-order valence-corrected chi connectivity index (χ4v) is 3.24. The average molecular weight is 297 g/mol. The molecule has 1 rings (SSSR count). The number of nitrogens with one attached hydrogen (secondary N) is 1.